The van der Waals surface area contributed by atoms with Crippen LogP contribution in [-0.2, 0) is 0 Å². The van der Waals surface area contributed by atoms with E-state index in [2.05, 4.69) is 62.4 Å². The Morgan fingerprint density at radius 1 is 0.900 bits per heavy atom. The van der Waals surface area contributed by atoms with E-state index in [0.717, 1.165) is 0 Å². The van der Waals surface area contributed by atoms with Crippen LogP contribution < -0.4 is 0 Å². The van der Waals surface area contributed by atoms with Crippen molar-refractivity contribution < 1.29 is 0 Å². The average Bonchev–Trinajstić information content (AvgIpc) is 2.52. The number of hydrogen-bond donors (Lipinski definition) is 0. The Balaban J connectivity index is 0.000000461. The Bertz CT molecular complexity index is 515. The maximum atomic E-state index is 2.31. The highest BCUT2D eigenvalue weighted by Gasteiger charge is 2.26. The second kappa shape index (κ2) is 7.89. The van der Waals surface area contributed by atoms with E-state index in [4.69, 9.17) is 0 Å². The molecule has 0 N–H and O–H groups in total. The number of rotatable bonds is 0. The van der Waals surface area contributed by atoms with Crippen molar-refractivity contribution in [2.45, 2.75) is 47.5 Å². The summed E-state index contributed by atoms with van der Waals surface area (Å²) in [6.07, 6.45) is 11.0. The van der Waals surface area contributed by atoms with Crippen molar-refractivity contribution in [2.75, 3.05) is 0 Å². The van der Waals surface area contributed by atoms with E-state index in [1.807, 2.05) is 27.7 Å². The Kier molecular flexibility index (Phi) is 6.51. The fraction of sp³-hybridized carbons (Fsp3) is 0.350. The first-order valence-electron chi connectivity index (χ1n) is 7.80. The van der Waals surface area contributed by atoms with Crippen molar-refractivity contribution in [1.82, 2.24) is 0 Å². The van der Waals surface area contributed by atoms with Gasteiger partial charge in [-0.1, -0.05) is 88.8 Å². The summed E-state index contributed by atoms with van der Waals surface area (Å²) in [5.74, 6) is 1.96. The third-order valence-corrected chi connectivity index (χ3v) is 3.48. The van der Waals surface area contributed by atoms with Gasteiger partial charge in [0.1, 0.15) is 0 Å². The molecule has 0 fully saturated rings. The molecule has 0 spiro atoms. The highest BCUT2D eigenvalue weighted by atomic mass is 14.3. The number of benzene rings is 1. The molecular formula is C20H27. The van der Waals surface area contributed by atoms with Crippen LogP contribution in [0, 0.1) is 12.8 Å². The molecule has 0 aliphatic heterocycles. The number of allylic oxidation sites excluding steroid dienone is 5. The minimum absolute atomic E-state index is 0.510. The first-order chi connectivity index (χ1) is 9.75. The molecule has 1 unspecified atom stereocenters. The summed E-state index contributed by atoms with van der Waals surface area (Å²) in [5.41, 5.74) is 5.54. The van der Waals surface area contributed by atoms with Gasteiger partial charge >= 0.3 is 0 Å². The second-order valence-corrected chi connectivity index (χ2v) is 4.63. The van der Waals surface area contributed by atoms with Gasteiger partial charge in [-0.2, -0.15) is 0 Å². The highest BCUT2D eigenvalue weighted by molar-refractivity contribution is 5.72. The summed E-state index contributed by atoms with van der Waals surface area (Å²) >= 11 is 0. The summed E-state index contributed by atoms with van der Waals surface area (Å²) in [4.78, 5) is 0. The van der Waals surface area contributed by atoms with Gasteiger partial charge in [0, 0.05) is 5.92 Å². The number of hydrogen-bond acceptors (Lipinski definition) is 0. The molecule has 2 aliphatic rings. The van der Waals surface area contributed by atoms with Crippen molar-refractivity contribution in [3.05, 3.63) is 70.7 Å². The van der Waals surface area contributed by atoms with Gasteiger partial charge in [-0.15, -0.1) is 0 Å². The average molecular weight is 267 g/mol. The highest BCUT2D eigenvalue weighted by Crippen LogP contribution is 2.42. The molecule has 1 aromatic rings. The molecule has 1 radical (unpaired) electrons. The normalized spacial score (nSPS) is 18.7. The molecule has 0 amide bonds. The van der Waals surface area contributed by atoms with E-state index < -0.39 is 0 Å². The predicted molar refractivity (Wildman–Crippen MR) is 91.8 cm³/mol. The van der Waals surface area contributed by atoms with Crippen LogP contribution in [0.4, 0.5) is 0 Å². The van der Waals surface area contributed by atoms with E-state index in [1.54, 1.807) is 0 Å². The van der Waals surface area contributed by atoms with E-state index in [9.17, 15) is 0 Å². The zero-order chi connectivity index (χ0) is 15.1. The van der Waals surface area contributed by atoms with Crippen LogP contribution in [0.15, 0.2) is 48.1 Å². The first-order valence-corrected chi connectivity index (χ1v) is 7.80. The van der Waals surface area contributed by atoms with Gasteiger partial charge < -0.3 is 0 Å². The van der Waals surface area contributed by atoms with E-state index in [1.165, 1.54) is 28.2 Å². The van der Waals surface area contributed by atoms with Crippen LogP contribution in [0.5, 0.6) is 0 Å². The van der Waals surface area contributed by atoms with E-state index >= 15 is 0 Å². The largest absolute Gasteiger partial charge is 0.0721 e. The lowest BCUT2D eigenvalue weighted by Crippen LogP contribution is -2.14. The summed E-state index contributed by atoms with van der Waals surface area (Å²) in [6, 6.07) is 6.74. The van der Waals surface area contributed by atoms with Crippen LogP contribution in [0.1, 0.15) is 57.2 Å². The van der Waals surface area contributed by atoms with Crippen LogP contribution in [0.2, 0.25) is 0 Å². The Labute approximate surface area is 124 Å². The molecule has 3 rings (SSSR count). The summed E-state index contributed by atoms with van der Waals surface area (Å²) < 4.78 is 0. The molecule has 0 saturated carbocycles. The van der Waals surface area contributed by atoms with Gasteiger partial charge in [0.05, 0.1) is 0 Å². The topological polar surface area (TPSA) is 0 Å². The molecule has 0 bridgehead atoms. The van der Waals surface area contributed by atoms with Gasteiger partial charge in [0.15, 0.2) is 0 Å². The van der Waals surface area contributed by atoms with Gasteiger partial charge in [0.25, 0.3) is 0 Å². The lowest BCUT2D eigenvalue weighted by atomic mass is 9.74. The monoisotopic (exact) mass is 267 g/mol. The van der Waals surface area contributed by atoms with Gasteiger partial charge in [-0.25, -0.2) is 0 Å². The Hall–Kier alpha value is -1.56. The van der Waals surface area contributed by atoms with Crippen molar-refractivity contribution in [3.63, 3.8) is 0 Å². The number of fused-ring (bicyclic) bond motifs is 2. The van der Waals surface area contributed by atoms with Gasteiger partial charge in [-0.3, -0.25) is 0 Å². The molecule has 0 heteroatoms. The summed E-state index contributed by atoms with van der Waals surface area (Å²) in [7, 11) is 0. The predicted octanol–water partition coefficient (Wildman–Crippen LogP) is 6.25. The number of aryl methyl sites for hydroxylation is 1. The smallest absolute Gasteiger partial charge is 0.0339 e. The van der Waals surface area contributed by atoms with E-state index in [-0.39, 0.29) is 0 Å². The quantitative estimate of drug-likeness (QED) is 0.521. The molecule has 0 saturated heterocycles. The standard InChI is InChI=1S/C16H15.2C2H6/c1-11-7-8-14-10-13-5-3-4-6-15(13)12(2)16(14)9-11;2*1-2/h3-10,12H,1-2H3;2*1-2H3. The third-order valence-electron chi connectivity index (χ3n) is 3.48. The fourth-order valence-corrected chi connectivity index (χ4v) is 2.57. The van der Waals surface area contributed by atoms with Crippen molar-refractivity contribution in [2.24, 2.45) is 0 Å². The summed E-state index contributed by atoms with van der Waals surface area (Å²) in [5, 5.41) is 0. The van der Waals surface area contributed by atoms with Crippen molar-refractivity contribution >= 4 is 6.08 Å². The molecule has 20 heavy (non-hydrogen) atoms. The second-order valence-electron chi connectivity index (χ2n) is 4.63. The summed E-state index contributed by atoms with van der Waals surface area (Å²) in [6.45, 7) is 12.5. The SMILES string of the molecule is CC.CC.Cc1ccc2c(c1)C(C)[C]1C=CC=CC1=C2. The molecule has 0 aromatic heterocycles. The molecule has 107 valence electrons. The molecule has 1 aromatic carbocycles. The van der Waals surface area contributed by atoms with Crippen molar-refractivity contribution in [1.29, 1.82) is 0 Å². The van der Waals surface area contributed by atoms with Crippen molar-refractivity contribution in [3.8, 4) is 0 Å². The van der Waals surface area contributed by atoms with Crippen LogP contribution in [0.3, 0.4) is 0 Å². The van der Waals surface area contributed by atoms with Gasteiger partial charge in [-0.05, 0) is 29.5 Å². The lowest BCUT2D eigenvalue weighted by Gasteiger charge is -2.29. The Morgan fingerprint density at radius 2 is 1.55 bits per heavy atom. The van der Waals surface area contributed by atoms with Crippen LogP contribution in [0.25, 0.3) is 6.08 Å². The maximum absolute atomic E-state index is 2.31. The van der Waals surface area contributed by atoms with Gasteiger partial charge in [0.2, 0.25) is 0 Å². The molecule has 0 heterocycles. The maximum Gasteiger partial charge on any atom is 0.0339 e. The minimum Gasteiger partial charge on any atom is -0.0721 e. The minimum atomic E-state index is 0.510. The molecular weight excluding hydrogens is 240 g/mol. The molecule has 1 atom stereocenters. The molecule has 0 nitrogen and oxygen atoms in total. The zero-order valence-electron chi connectivity index (χ0n) is 13.7. The fourth-order valence-electron chi connectivity index (χ4n) is 2.57. The van der Waals surface area contributed by atoms with Crippen LogP contribution in [-0.4, -0.2) is 0 Å². The first kappa shape index (κ1) is 16.5. The van der Waals surface area contributed by atoms with Crippen LogP contribution >= 0.6 is 0 Å². The lowest BCUT2D eigenvalue weighted by molar-refractivity contribution is 0.823. The third kappa shape index (κ3) is 3.30. The Morgan fingerprint density at radius 3 is 2.25 bits per heavy atom. The molecule has 2 aliphatic carbocycles. The van der Waals surface area contributed by atoms with E-state index in [0.29, 0.717) is 5.92 Å². The zero-order valence-corrected chi connectivity index (χ0v) is 13.7.